The maximum Gasteiger partial charge on any atom is 0.287 e. The lowest BCUT2D eigenvalue weighted by atomic mass is 9.80. The highest BCUT2D eigenvalue weighted by molar-refractivity contribution is 6.01. The molecule has 0 atom stereocenters. The summed E-state index contributed by atoms with van der Waals surface area (Å²) in [5.41, 5.74) is 1.20. The number of nitrogens with one attached hydrogen (secondary N) is 4. The fraction of sp³-hybridized carbons (Fsp3) is 0.414. The highest BCUT2D eigenvalue weighted by Gasteiger charge is 2.48. The molecule has 0 spiro atoms. The number of benzene rings is 2. The second-order valence-electron chi connectivity index (χ2n) is 10.9. The van der Waals surface area contributed by atoms with Crippen molar-refractivity contribution >= 4 is 22.7 Å². The van der Waals surface area contributed by atoms with Crippen LogP contribution in [0.4, 0.5) is 0 Å². The Morgan fingerprint density at radius 2 is 1.68 bits per heavy atom. The van der Waals surface area contributed by atoms with Gasteiger partial charge in [0.2, 0.25) is 0 Å². The van der Waals surface area contributed by atoms with Crippen molar-refractivity contribution in [1.82, 2.24) is 16.0 Å². The van der Waals surface area contributed by atoms with Gasteiger partial charge in [0.1, 0.15) is 22.6 Å². The fourth-order valence-corrected chi connectivity index (χ4v) is 5.48. The molecule has 190 valence electrons. The van der Waals surface area contributed by atoms with Crippen LogP contribution in [0.25, 0.3) is 22.1 Å². The van der Waals surface area contributed by atoms with E-state index in [1.807, 2.05) is 42.5 Å². The maximum absolute atomic E-state index is 13.3. The van der Waals surface area contributed by atoms with Crippen molar-refractivity contribution in [2.24, 2.45) is 0 Å². The molecule has 3 aromatic rings. The van der Waals surface area contributed by atoms with Gasteiger partial charge in [-0.2, -0.15) is 5.26 Å². The highest BCUT2D eigenvalue weighted by Crippen LogP contribution is 2.37. The van der Waals surface area contributed by atoms with Gasteiger partial charge in [-0.1, -0.05) is 55.7 Å². The molecule has 6 rings (SSSR count). The van der Waals surface area contributed by atoms with Crippen molar-refractivity contribution in [3.05, 3.63) is 59.9 Å². The van der Waals surface area contributed by atoms with Crippen molar-refractivity contribution in [3.8, 4) is 17.2 Å². The molecule has 5 N–H and O–H groups in total. The summed E-state index contributed by atoms with van der Waals surface area (Å²) < 4.78 is 5.99. The van der Waals surface area contributed by atoms with E-state index in [0.717, 1.165) is 54.2 Å². The summed E-state index contributed by atoms with van der Waals surface area (Å²) in [6.07, 6.45) is 5.68. The first kappa shape index (κ1) is 23.7. The Balaban J connectivity index is 1.22. The Labute approximate surface area is 215 Å². The van der Waals surface area contributed by atoms with E-state index in [1.165, 1.54) is 0 Å². The molecular formula is C29H31N5O3. The number of amides is 1. The van der Waals surface area contributed by atoms with E-state index in [1.54, 1.807) is 6.07 Å². The number of rotatable bonds is 6. The van der Waals surface area contributed by atoms with Crippen LogP contribution in [0.3, 0.4) is 0 Å². The lowest BCUT2D eigenvalue weighted by molar-refractivity contribution is -0.0146. The second kappa shape index (κ2) is 8.72. The minimum absolute atomic E-state index is 0.210. The van der Waals surface area contributed by atoms with Crippen molar-refractivity contribution in [2.45, 2.75) is 61.6 Å². The van der Waals surface area contributed by atoms with Crippen molar-refractivity contribution < 1.29 is 14.3 Å². The van der Waals surface area contributed by atoms with E-state index < -0.39 is 16.7 Å². The van der Waals surface area contributed by atoms with Gasteiger partial charge in [0, 0.05) is 18.5 Å². The van der Waals surface area contributed by atoms with Crippen LogP contribution in [0.5, 0.6) is 0 Å². The molecule has 1 aromatic heterocycles. The zero-order valence-electron chi connectivity index (χ0n) is 20.7. The smallest absolute Gasteiger partial charge is 0.287 e. The van der Waals surface area contributed by atoms with Crippen LogP contribution in [0.1, 0.15) is 61.1 Å². The first-order valence-electron chi connectivity index (χ1n) is 13.0. The van der Waals surface area contributed by atoms with Crippen LogP contribution in [0.15, 0.2) is 52.9 Å². The SMILES string of the molecule is N#CC1(NC(=N)C2(NC(=O)c3cc4ccc(-c5ccc(C6(O)CNC6)cc5)cc4o3)CCCCC2)CC1. The molecule has 8 heteroatoms. The number of aliphatic hydroxyl groups is 1. The molecule has 0 radical (unpaired) electrons. The lowest BCUT2D eigenvalue weighted by Crippen LogP contribution is -2.61. The molecule has 1 saturated heterocycles. The summed E-state index contributed by atoms with van der Waals surface area (Å²) in [7, 11) is 0. The van der Waals surface area contributed by atoms with Gasteiger partial charge in [-0.25, -0.2) is 0 Å². The summed E-state index contributed by atoms with van der Waals surface area (Å²) in [4.78, 5) is 13.3. The van der Waals surface area contributed by atoms with Gasteiger partial charge in [0.15, 0.2) is 5.76 Å². The lowest BCUT2D eigenvalue weighted by Gasteiger charge is -2.39. The molecule has 2 saturated carbocycles. The number of hydrogen-bond acceptors (Lipinski definition) is 6. The van der Waals surface area contributed by atoms with Crippen LogP contribution in [0.2, 0.25) is 0 Å². The van der Waals surface area contributed by atoms with Crippen LogP contribution in [0, 0.1) is 16.7 Å². The van der Waals surface area contributed by atoms with Gasteiger partial charge < -0.3 is 25.5 Å². The third-order valence-corrected chi connectivity index (χ3v) is 8.20. The minimum Gasteiger partial charge on any atom is -0.451 e. The Morgan fingerprint density at radius 1 is 0.973 bits per heavy atom. The average molecular weight is 498 g/mol. The van der Waals surface area contributed by atoms with Crippen molar-refractivity contribution in [2.75, 3.05) is 13.1 Å². The van der Waals surface area contributed by atoms with Gasteiger partial charge in [0.25, 0.3) is 5.91 Å². The van der Waals surface area contributed by atoms with E-state index in [2.05, 4.69) is 22.0 Å². The van der Waals surface area contributed by atoms with Crippen molar-refractivity contribution in [1.29, 1.82) is 10.7 Å². The third kappa shape index (κ3) is 4.28. The predicted molar refractivity (Wildman–Crippen MR) is 140 cm³/mol. The fourth-order valence-electron chi connectivity index (χ4n) is 5.48. The molecular weight excluding hydrogens is 466 g/mol. The number of furan rings is 1. The molecule has 2 aliphatic carbocycles. The summed E-state index contributed by atoms with van der Waals surface area (Å²) >= 11 is 0. The molecule has 1 aliphatic heterocycles. The van der Waals surface area contributed by atoms with Gasteiger partial charge in [-0.05, 0) is 54.5 Å². The number of carbonyl (C=O) groups excluding carboxylic acids is 1. The monoisotopic (exact) mass is 497 g/mol. The molecule has 3 aliphatic rings. The molecule has 0 unspecified atom stereocenters. The number of hydrogen-bond donors (Lipinski definition) is 5. The average Bonchev–Trinajstić information content (AvgIpc) is 3.54. The highest BCUT2D eigenvalue weighted by atomic mass is 16.3. The quantitative estimate of drug-likeness (QED) is 0.259. The third-order valence-electron chi connectivity index (χ3n) is 8.20. The number of carbonyl (C=O) groups is 1. The number of nitrogens with zero attached hydrogens (tertiary/aromatic N) is 1. The molecule has 37 heavy (non-hydrogen) atoms. The van der Waals surface area contributed by atoms with Crippen LogP contribution >= 0.6 is 0 Å². The zero-order chi connectivity index (χ0) is 25.7. The van der Waals surface area contributed by atoms with Gasteiger partial charge >= 0.3 is 0 Å². The number of β-amino-alcohol motifs (C(OH)–C–C–N with tert-alkyl or cyclic N) is 1. The Kier molecular flexibility index (Phi) is 5.59. The van der Waals surface area contributed by atoms with E-state index in [9.17, 15) is 15.2 Å². The first-order valence-corrected chi connectivity index (χ1v) is 13.0. The van der Waals surface area contributed by atoms with E-state index in [0.29, 0.717) is 31.5 Å². The largest absolute Gasteiger partial charge is 0.451 e. The summed E-state index contributed by atoms with van der Waals surface area (Å²) in [5, 5.41) is 38.9. The number of fused-ring (bicyclic) bond motifs is 1. The Bertz CT molecular complexity index is 1400. The van der Waals surface area contributed by atoms with Crippen LogP contribution in [-0.2, 0) is 5.60 Å². The summed E-state index contributed by atoms with van der Waals surface area (Å²) in [5.74, 6) is 0.0878. The van der Waals surface area contributed by atoms with Crippen molar-refractivity contribution in [3.63, 3.8) is 0 Å². The molecule has 2 heterocycles. The first-order chi connectivity index (χ1) is 17.8. The van der Waals surface area contributed by atoms with Gasteiger partial charge in [0.05, 0.1) is 11.6 Å². The Morgan fingerprint density at radius 3 is 2.30 bits per heavy atom. The predicted octanol–water partition coefficient (Wildman–Crippen LogP) is 3.95. The standard InChI is InChI=1S/C29H31N5O3/c30-16-27(12-13-27)34-26(31)28(10-2-1-3-11-28)33-25(35)24-15-21-5-4-20(14-23(21)37-24)19-6-8-22(9-7-19)29(36)17-32-18-29/h4-9,14-15,32,36H,1-3,10-13,17-18H2,(H2,31,34)(H,33,35). The second-order valence-corrected chi connectivity index (χ2v) is 10.9. The summed E-state index contributed by atoms with van der Waals surface area (Å²) in [6.45, 7) is 1.12. The van der Waals surface area contributed by atoms with Crippen LogP contribution in [-0.4, -0.2) is 41.0 Å². The minimum atomic E-state index is -0.812. The number of nitriles is 1. The van der Waals surface area contributed by atoms with E-state index in [-0.39, 0.29) is 17.5 Å². The molecule has 1 amide bonds. The molecule has 2 aromatic carbocycles. The van der Waals surface area contributed by atoms with Gasteiger partial charge in [-0.3, -0.25) is 10.2 Å². The Hall–Kier alpha value is -3.67. The molecule has 8 nitrogen and oxygen atoms in total. The maximum atomic E-state index is 13.3. The van der Waals surface area contributed by atoms with Gasteiger partial charge in [-0.15, -0.1) is 0 Å². The zero-order valence-corrected chi connectivity index (χ0v) is 20.7. The molecule has 3 fully saturated rings. The normalized spacial score (nSPS) is 20.9. The topological polar surface area (TPSA) is 134 Å². The summed E-state index contributed by atoms with van der Waals surface area (Å²) in [6, 6.07) is 17.7. The number of amidine groups is 1. The van der Waals surface area contributed by atoms with E-state index in [4.69, 9.17) is 9.83 Å². The van der Waals surface area contributed by atoms with E-state index >= 15 is 0 Å². The van der Waals surface area contributed by atoms with Crippen LogP contribution < -0.4 is 16.0 Å². The molecule has 0 bridgehead atoms.